The smallest absolute Gasteiger partial charge is 0.238 e. The molecule has 0 aliphatic carbocycles. The second-order valence-electron chi connectivity index (χ2n) is 4.61. The van der Waals surface area contributed by atoms with Gasteiger partial charge in [-0.25, -0.2) is 4.39 Å². The van der Waals surface area contributed by atoms with Crippen LogP contribution in [-0.2, 0) is 4.79 Å². The number of nitrogens with one attached hydrogen (secondary N) is 2. The topological polar surface area (TPSA) is 41.1 Å². The van der Waals surface area contributed by atoms with Gasteiger partial charge in [0.15, 0.2) is 0 Å². The lowest BCUT2D eigenvalue weighted by Gasteiger charge is -2.07. The fraction of sp³-hybridized carbons (Fsp3) is 0.533. The van der Waals surface area contributed by atoms with Gasteiger partial charge in [0, 0.05) is 0 Å². The van der Waals surface area contributed by atoms with E-state index in [9.17, 15) is 9.18 Å². The molecule has 1 amide bonds. The normalized spacial score (nSPS) is 10.5. The molecule has 0 radical (unpaired) electrons. The first-order chi connectivity index (χ1) is 9.74. The minimum Gasteiger partial charge on any atom is -0.322 e. The Morgan fingerprint density at radius 1 is 1.20 bits per heavy atom. The van der Waals surface area contributed by atoms with E-state index in [1.165, 1.54) is 31.1 Å². The third kappa shape index (κ3) is 7.50. The number of amides is 1. The third-order valence-electron chi connectivity index (χ3n) is 2.89. The van der Waals surface area contributed by atoms with Crippen LogP contribution in [0.2, 0.25) is 0 Å². The van der Waals surface area contributed by atoms with Crippen LogP contribution in [0.3, 0.4) is 0 Å². The van der Waals surface area contributed by atoms with Crippen molar-refractivity contribution in [3.05, 3.63) is 30.1 Å². The zero-order chi connectivity index (χ0) is 14.6. The summed E-state index contributed by atoms with van der Waals surface area (Å²) in [6.45, 7) is 1.04. The van der Waals surface area contributed by atoms with E-state index in [4.69, 9.17) is 0 Å². The highest BCUT2D eigenvalue weighted by molar-refractivity contribution is 7.98. The van der Waals surface area contributed by atoms with Gasteiger partial charge in [-0.3, -0.25) is 4.79 Å². The first-order valence-electron chi connectivity index (χ1n) is 6.98. The molecule has 0 unspecified atom stereocenters. The number of hydrogen-bond donors (Lipinski definition) is 2. The Morgan fingerprint density at radius 2 is 1.95 bits per heavy atom. The highest BCUT2D eigenvalue weighted by Crippen LogP contribution is 2.11. The van der Waals surface area contributed by atoms with Crippen molar-refractivity contribution in [1.82, 2.24) is 5.32 Å². The predicted molar refractivity (Wildman–Crippen MR) is 84.7 cm³/mol. The molecule has 0 heterocycles. The molecule has 0 aliphatic heterocycles. The first-order valence-corrected chi connectivity index (χ1v) is 8.37. The minimum absolute atomic E-state index is 0.211. The molecule has 20 heavy (non-hydrogen) atoms. The molecule has 5 heteroatoms. The van der Waals surface area contributed by atoms with Gasteiger partial charge in [-0.05, 0) is 43.5 Å². The Kier molecular flexibility index (Phi) is 9.07. The summed E-state index contributed by atoms with van der Waals surface area (Å²) in [6.07, 6.45) is 6.87. The van der Waals surface area contributed by atoms with Gasteiger partial charge in [0.25, 0.3) is 0 Å². The Morgan fingerprint density at radius 3 is 2.70 bits per heavy atom. The number of benzene rings is 1. The van der Waals surface area contributed by atoms with Crippen LogP contribution in [0.15, 0.2) is 24.3 Å². The van der Waals surface area contributed by atoms with Crippen LogP contribution in [0.25, 0.3) is 0 Å². The van der Waals surface area contributed by atoms with E-state index < -0.39 is 5.82 Å². The van der Waals surface area contributed by atoms with Gasteiger partial charge in [-0.1, -0.05) is 25.0 Å². The summed E-state index contributed by atoms with van der Waals surface area (Å²) < 4.78 is 13.3. The summed E-state index contributed by atoms with van der Waals surface area (Å²) in [7, 11) is 0. The number of carbonyl (C=O) groups is 1. The van der Waals surface area contributed by atoms with Crippen molar-refractivity contribution in [1.29, 1.82) is 0 Å². The van der Waals surface area contributed by atoms with E-state index in [0.717, 1.165) is 13.0 Å². The van der Waals surface area contributed by atoms with E-state index >= 15 is 0 Å². The van der Waals surface area contributed by atoms with Crippen molar-refractivity contribution in [2.45, 2.75) is 25.7 Å². The summed E-state index contributed by atoms with van der Waals surface area (Å²) in [4.78, 5) is 11.6. The maximum atomic E-state index is 13.3. The second-order valence-corrected chi connectivity index (χ2v) is 5.60. The summed E-state index contributed by atoms with van der Waals surface area (Å²) in [5.74, 6) is 0.602. The SMILES string of the molecule is CSCCCCCCNCC(=O)Nc1ccccc1F. The molecule has 0 saturated heterocycles. The van der Waals surface area contributed by atoms with Crippen molar-refractivity contribution >= 4 is 23.4 Å². The number of hydrogen-bond acceptors (Lipinski definition) is 3. The molecule has 0 fully saturated rings. The summed E-state index contributed by atoms with van der Waals surface area (Å²) in [6, 6.07) is 6.18. The number of unbranched alkanes of at least 4 members (excludes halogenated alkanes) is 3. The lowest BCUT2D eigenvalue weighted by Crippen LogP contribution is -2.29. The number of rotatable bonds is 10. The predicted octanol–water partition coefficient (Wildman–Crippen LogP) is 3.28. The Labute approximate surface area is 124 Å². The van der Waals surface area contributed by atoms with E-state index in [2.05, 4.69) is 16.9 Å². The van der Waals surface area contributed by atoms with Gasteiger partial charge in [0.1, 0.15) is 5.82 Å². The molecule has 1 aromatic carbocycles. The molecule has 2 N–H and O–H groups in total. The Hall–Kier alpha value is -1.07. The van der Waals surface area contributed by atoms with Crippen molar-refractivity contribution < 1.29 is 9.18 Å². The fourth-order valence-electron chi connectivity index (χ4n) is 1.81. The number of anilines is 1. The number of para-hydroxylation sites is 1. The van der Waals surface area contributed by atoms with Crippen molar-refractivity contribution in [3.8, 4) is 0 Å². The van der Waals surface area contributed by atoms with Crippen LogP contribution in [0.1, 0.15) is 25.7 Å². The summed E-state index contributed by atoms with van der Waals surface area (Å²) >= 11 is 1.88. The fourth-order valence-corrected chi connectivity index (χ4v) is 2.30. The first kappa shape index (κ1) is 17.0. The molecule has 0 aromatic heterocycles. The summed E-state index contributed by atoms with van der Waals surface area (Å²) in [5.41, 5.74) is 0.233. The average Bonchev–Trinajstić information content (AvgIpc) is 2.44. The van der Waals surface area contributed by atoms with Crippen LogP contribution >= 0.6 is 11.8 Å². The molecule has 0 bridgehead atoms. The Balaban J connectivity index is 2.05. The van der Waals surface area contributed by atoms with Crippen LogP contribution < -0.4 is 10.6 Å². The molecular formula is C15H23FN2OS. The molecule has 112 valence electrons. The van der Waals surface area contributed by atoms with Gasteiger partial charge in [-0.2, -0.15) is 11.8 Å². The average molecular weight is 298 g/mol. The lowest BCUT2D eigenvalue weighted by atomic mass is 10.2. The molecule has 3 nitrogen and oxygen atoms in total. The zero-order valence-electron chi connectivity index (χ0n) is 12.0. The molecule has 1 rings (SSSR count). The maximum Gasteiger partial charge on any atom is 0.238 e. The lowest BCUT2D eigenvalue weighted by molar-refractivity contribution is -0.115. The molecule has 0 spiro atoms. The van der Waals surface area contributed by atoms with Crippen molar-refractivity contribution in [2.24, 2.45) is 0 Å². The summed E-state index contributed by atoms with van der Waals surface area (Å²) in [5, 5.41) is 5.63. The number of carbonyl (C=O) groups excluding carboxylic acids is 1. The van der Waals surface area contributed by atoms with Gasteiger partial charge >= 0.3 is 0 Å². The van der Waals surface area contributed by atoms with Gasteiger partial charge in [-0.15, -0.1) is 0 Å². The van der Waals surface area contributed by atoms with Crippen LogP contribution in [0.4, 0.5) is 10.1 Å². The monoisotopic (exact) mass is 298 g/mol. The van der Waals surface area contributed by atoms with Crippen molar-refractivity contribution in [2.75, 3.05) is 30.4 Å². The van der Waals surface area contributed by atoms with E-state index in [1.807, 2.05) is 11.8 Å². The van der Waals surface area contributed by atoms with E-state index in [-0.39, 0.29) is 18.1 Å². The molecule has 1 aromatic rings. The molecule has 0 aliphatic rings. The standard InChI is InChI=1S/C15H23FN2OS/c1-20-11-7-3-2-6-10-17-12-15(19)18-14-9-5-4-8-13(14)16/h4-5,8-9,17H,2-3,6-7,10-12H2,1H3,(H,18,19). The van der Waals surface area contributed by atoms with Gasteiger partial charge in [0.05, 0.1) is 12.2 Å². The van der Waals surface area contributed by atoms with Crippen LogP contribution in [0.5, 0.6) is 0 Å². The number of halogens is 1. The molecular weight excluding hydrogens is 275 g/mol. The third-order valence-corrected chi connectivity index (χ3v) is 3.58. The van der Waals surface area contributed by atoms with Crippen LogP contribution in [0, 0.1) is 5.82 Å². The zero-order valence-corrected chi connectivity index (χ0v) is 12.8. The minimum atomic E-state index is -0.408. The second kappa shape index (κ2) is 10.7. The number of thioether (sulfide) groups is 1. The Bertz CT molecular complexity index is 401. The highest BCUT2D eigenvalue weighted by Gasteiger charge is 2.05. The highest BCUT2D eigenvalue weighted by atomic mass is 32.2. The van der Waals surface area contributed by atoms with Gasteiger partial charge < -0.3 is 10.6 Å². The maximum absolute atomic E-state index is 13.3. The van der Waals surface area contributed by atoms with E-state index in [0.29, 0.717) is 0 Å². The quantitative estimate of drug-likeness (QED) is 0.651. The van der Waals surface area contributed by atoms with Crippen LogP contribution in [-0.4, -0.2) is 31.0 Å². The van der Waals surface area contributed by atoms with E-state index in [1.54, 1.807) is 18.2 Å². The van der Waals surface area contributed by atoms with Gasteiger partial charge in [0.2, 0.25) is 5.91 Å². The molecule has 0 atom stereocenters. The molecule has 0 saturated carbocycles. The van der Waals surface area contributed by atoms with Crippen molar-refractivity contribution in [3.63, 3.8) is 0 Å². The largest absolute Gasteiger partial charge is 0.322 e.